The van der Waals surface area contributed by atoms with Crippen molar-refractivity contribution in [2.75, 3.05) is 12.4 Å². The summed E-state index contributed by atoms with van der Waals surface area (Å²) in [5.74, 6) is 0.757. The third-order valence-electron chi connectivity index (χ3n) is 1.68. The van der Waals surface area contributed by atoms with Crippen LogP contribution in [0.4, 0.5) is 5.95 Å². The number of anilines is 1. The van der Waals surface area contributed by atoms with Gasteiger partial charge < -0.3 is 10.3 Å². The summed E-state index contributed by atoms with van der Waals surface area (Å²) in [6, 6.07) is 5.57. The molecule has 0 saturated carbocycles. The predicted octanol–water partition coefficient (Wildman–Crippen LogP) is 2.68. The van der Waals surface area contributed by atoms with Gasteiger partial charge in [-0.1, -0.05) is 11.6 Å². The maximum absolute atomic E-state index is 5.80. The van der Waals surface area contributed by atoms with Crippen LogP contribution in [0.5, 0.6) is 0 Å². The minimum absolute atomic E-state index is 0. The van der Waals surface area contributed by atoms with Crippen molar-refractivity contribution in [3.8, 4) is 0 Å². The van der Waals surface area contributed by atoms with Crippen LogP contribution in [0.15, 0.2) is 18.2 Å². The lowest BCUT2D eigenvalue weighted by molar-refractivity contribution is 1.28. The standard InChI is InChI=1S/C8H8ClN3.ClH/c1-10-8-11-6-3-2-5(9)4-7(6)12-8;/h2-4H,1H3,(H2,10,11,12);1H. The molecule has 2 N–H and O–H groups in total. The van der Waals surface area contributed by atoms with Crippen molar-refractivity contribution in [3.63, 3.8) is 0 Å². The van der Waals surface area contributed by atoms with Crippen LogP contribution >= 0.6 is 24.0 Å². The molecule has 0 unspecified atom stereocenters. The number of rotatable bonds is 1. The third-order valence-corrected chi connectivity index (χ3v) is 1.92. The van der Waals surface area contributed by atoms with Gasteiger partial charge in [-0.2, -0.15) is 0 Å². The van der Waals surface area contributed by atoms with Crippen LogP contribution in [0, 0.1) is 0 Å². The first-order valence-electron chi connectivity index (χ1n) is 3.62. The van der Waals surface area contributed by atoms with Crippen molar-refractivity contribution in [1.29, 1.82) is 0 Å². The number of fused-ring (bicyclic) bond motifs is 1. The quantitative estimate of drug-likeness (QED) is 0.772. The highest BCUT2D eigenvalue weighted by molar-refractivity contribution is 6.31. The Balaban J connectivity index is 0.000000845. The van der Waals surface area contributed by atoms with Gasteiger partial charge in [-0.05, 0) is 18.2 Å². The molecule has 0 fully saturated rings. The number of aromatic nitrogens is 2. The molecular weight excluding hydrogens is 209 g/mol. The van der Waals surface area contributed by atoms with Gasteiger partial charge in [-0.25, -0.2) is 4.98 Å². The fourth-order valence-electron chi connectivity index (χ4n) is 1.10. The van der Waals surface area contributed by atoms with E-state index in [0.717, 1.165) is 17.0 Å². The molecule has 0 amide bonds. The zero-order chi connectivity index (χ0) is 8.55. The van der Waals surface area contributed by atoms with Gasteiger partial charge in [0.1, 0.15) is 0 Å². The molecule has 0 atom stereocenters. The topological polar surface area (TPSA) is 40.7 Å². The molecule has 2 aromatic rings. The summed E-state index contributed by atoms with van der Waals surface area (Å²) in [5.41, 5.74) is 1.87. The Morgan fingerprint density at radius 1 is 1.46 bits per heavy atom. The van der Waals surface area contributed by atoms with E-state index in [1.807, 2.05) is 25.2 Å². The largest absolute Gasteiger partial charge is 0.359 e. The van der Waals surface area contributed by atoms with E-state index in [1.165, 1.54) is 0 Å². The molecule has 0 radical (unpaired) electrons. The second-order valence-corrected chi connectivity index (χ2v) is 2.93. The molecule has 1 heterocycles. The van der Waals surface area contributed by atoms with Crippen LogP contribution < -0.4 is 5.32 Å². The number of hydrogen-bond donors (Lipinski definition) is 2. The molecule has 3 nitrogen and oxygen atoms in total. The summed E-state index contributed by atoms with van der Waals surface area (Å²) >= 11 is 5.80. The smallest absolute Gasteiger partial charge is 0.200 e. The minimum atomic E-state index is 0. The van der Waals surface area contributed by atoms with E-state index in [0.29, 0.717) is 5.02 Å². The van der Waals surface area contributed by atoms with Crippen molar-refractivity contribution in [3.05, 3.63) is 23.2 Å². The Labute approximate surface area is 86.9 Å². The van der Waals surface area contributed by atoms with Crippen molar-refractivity contribution < 1.29 is 0 Å². The van der Waals surface area contributed by atoms with Gasteiger partial charge >= 0.3 is 0 Å². The molecule has 0 aliphatic carbocycles. The number of nitrogens with zero attached hydrogens (tertiary/aromatic N) is 1. The molecule has 13 heavy (non-hydrogen) atoms. The lowest BCUT2D eigenvalue weighted by Crippen LogP contribution is -1.88. The van der Waals surface area contributed by atoms with Crippen LogP contribution in [-0.4, -0.2) is 17.0 Å². The first-order valence-corrected chi connectivity index (χ1v) is 4.00. The zero-order valence-corrected chi connectivity index (χ0v) is 8.54. The molecule has 70 valence electrons. The highest BCUT2D eigenvalue weighted by atomic mass is 35.5. The highest BCUT2D eigenvalue weighted by Crippen LogP contribution is 2.18. The summed E-state index contributed by atoms with van der Waals surface area (Å²) in [7, 11) is 1.82. The zero-order valence-electron chi connectivity index (χ0n) is 6.97. The van der Waals surface area contributed by atoms with Crippen molar-refractivity contribution >= 4 is 41.0 Å². The maximum atomic E-state index is 5.80. The predicted molar refractivity (Wildman–Crippen MR) is 57.9 cm³/mol. The second kappa shape index (κ2) is 3.85. The van der Waals surface area contributed by atoms with E-state index >= 15 is 0 Å². The monoisotopic (exact) mass is 217 g/mol. The number of hydrogen-bond acceptors (Lipinski definition) is 2. The average Bonchev–Trinajstić information content (AvgIpc) is 2.46. The van der Waals surface area contributed by atoms with Crippen LogP contribution in [0.25, 0.3) is 11.0 Å². The van der Waals surface area contributed by atoms with Gasteiger partial charge in [-0.3, -0.25) is 0 Å². The minimum Gasteiger partial charge on any atom is -0.359 e. The summed E-state index contributed by atoms with van der Waals surface area (Å²) in [4.78, 5) is 7.33. The third kappa shape index (κ3) is 1.87. The molecule has 5 heteroatoms. The number of aromatic amines is 1. The fourth-order valence-corrected chi connectivity index (χ4v) is 1.26. The molecular formula is C8H9Cl2N3. The van der Waals surface area contributed by atoms with Gasteiger partial charge in [0, 0.05) is 12.1 Å². The van der Waals surface area contributed by atoms with Gasteiger partial charge in [0.25, 0.3) is 0 Å². The molecule has 0 saturated heterocycles. The Morgan fingerprint density at radius 2 is 2.23 bits per heavy atom. The number of halogens is 2. The summed E-state index contributed by atoms with van der Waals surface area (Å²) in [6.07, 6.45) is 0. The summed E-state index contributed by atoms with van der Waals surface area (Å²) < 4.78 is 0. The summed E-state index contributed by atoms with van der Waals surface area (Å²) in [6.45, 7) is 0. The number of nitrogens with one attached hydrogen (secondary N) is 2. The van der Waals surface area contributed by atoms with Gasteiger partial charge in [0.05, 0.1) is 11.0 Å². The first-order chi connectivity index (χ1) is 5.79. The molecule has 1 aromatic heterocycles. The highest BCUT2D eigenvalue weighted by Gasteiger charge is 1.99. The second-order valence-electron chi connectivity index (χ2n) is 2.50. The van der Waals surface area contributed by atoms with Crippen LogP contribution in [-0.2, 0) is 0 Å². The normalized spacial score (nSPS) is 9.69. The first kappa shape index (κ1) is 10.2. The Kier molecular flexibility index (Phi) is 3.01. The number of benzene rings is 1. The van der Waals surface area contributed by atoms with Crippen LogP contribution in [0.2, 0.25) is 5.02 Å². The Hall–Kier alpha value is -0.930. The van der Waals surface area contributed by atoms with Crippen LogP contribution in [0.1, 0.15) is 0 Å². The molecule has 0 aliphatic heterocycles. The molecule has 2 rings (SSSR count). The van der Waals surface area contributed by atoms with Crippen molar-refractivity contribution in [2.45, 2.75) is 0 Å². The van der Waals surface area contributed by atoms with Crippen LogP contribution in [0.3, 0.4) is 0 Å². The molecule has 0 spiro atoms. The molecule has 0 aliphatic rings. The van der Waals surface area contributed by atoms with Gasteiger partial charge in [-0.15, -0.1) is 12.4 Å². The SMILES string of the molecule is CNc1nc2cc(Cl)ccc2[nH]1.Cl. The fraction of sp³-hybridized carbons (Fsp3) is 0.125. The van der Waals surface area contributed by atoms with E-state index in [-0.39, 0.29) is 12.4 Å². The number of imidazole rings is 1. The Bertz CT molecular complexity index is 411. The molecule has 1 aromatic carbocycles. The van der Waals surface area contributed by atoms with E-state index in [4.69, 9.17) is 11.6 Å². The van der Waals surface area contributed by atoms with E-state index in [9.17, 15) is 0 Å². The average molecular weight is 218 g/mol. The lowest BCUT2D eigenvalue weighted by atomic mass is 10.3. The number of H-pyrrole nitrogens is 1. The molecule has 0 bridgehead atoms. The van der Waals surface area contributed by atoms with E-state index in [1.54, 1.807) is 0 Å². The van der Waals surface area contributed by atoms with Gasteiger partial charge in [0.15, 0.2) is 0 Å². The lowest BCUT2D eigenvalue weighted by Gasteiger charge is -1.87. The van der Waals surface area contributed by atoms with Crippen molar-refractivity contribution in [2.24, 2.45) is 0 Å². The summed E-state index contributed by atoms with van der Waals surface area (Å²) in [5, 5.41) is 3.63. The van der Waals surface area contributed by atoms with Gasteiger partial charge in [0.2, 0.25) is 5.95 Å². The Morgan fingerprint density at radius 3 is 2.92 bits per heavy atom. The van der Waals surface area contributed by atoms with E-state index in [2.05, 4.69) is 15.3 Å². The van der Waals surface area contributed by atoms with E-state index < -0.39 is 0 Å². The van der Waals surface area contributed by atoms with Crippen molar-refractivity contribution in [1.82, 2.24) is 9.97 Å². The maximum Gasteiger partial charge on any atom is 0.200 e.